The van der Waals surface area contributed by atoms with Gasteiger partial charge < -0.3 is 4.74 Å². The Morgan fingerprint density at radius 3 is 2.70 bits per heavy atom. The van der Waals surface area contributed by atoms with Crippen molar-refractivity contribution >= 4 is 6.29 Å². The fourth-order valence-electron chi connectivity index (χ4n) is 1.79. The van der Waals surface area contributed by atoms with Crippen LogP contribution in [0.25, 0.3) is 0 Å². The Labute approximate surface area is 116 Å². The van der Waals surface area contributed by atoms with E-state index in [1.807, 2.05) is 6.92 Å². The summed E-state index contributed by atoms with van der Waals surface area (Å²) in [6.07, 6.45) is 0.581. The van der Waals surface area contributed by atoms with Gasteiger partial charge in [-0.05, 0) is 48.4 Å². The number of rotatable bonds is 4. The predicted octanol–water partition coefficient (Wildman–Crippen LogP) is 3.40. The molecular weight excluding hydrogens is 257 g/mol. The second kappa shape index (κ2) is 5.98. The smallest absolute Gasteiger partial charge is 0.165 e. The van der Waals surface area contributed by atoms with Gasteiger partial charge in [-0.15, -0.1) is 0 Å². The van der Waals surface area contributed by atoms with E-state index in [2.05, 4.69) is 6.07 Å². The molecule has 4 heteroatoms. The van der Waals surface area contributed by atoms with Crippen molar-refractivity contribution in [1.29, 1.82) is 5.26 Å². The van der Waals surface area contributed by atoms with Crippen LogP contribution in [0.3, 0.4) is 0 Å². The number of benzene rings is 2. The maximum atomic E-state index is 13.6. The lowest BCUT2D eigenvalue weighted by Gasteiger charge is -2.10. The molecule has 0 radical (unpaired) electrons. The number of nitrogens with zero attached hydrogens (tertiary/aromatic N) is 1. The van der Waals surface area contributed by atoms with E-state index in [4.69, 9.17) is 10.00 Å². The lowest BCUT2D eigenvalue weighted by Crippen LogP contribution is -2.00. The Morgan fingerprint density at radius 2 is 2.10 bits per heavy atom. The van der Waals surface area contributed by atoms with Crippen LogP contribution >= 0.6 is 0 Å². The molecule has 2 aromatic carbocycles. The van der Waals surface area contributed by atoms with Crippen LogP contribution < -0.4 is 4.74 Å². The normalized spacial score (nSPS) is 9.85. The molecule has 100 valence electrons. The first kappa shape index (κ1) is 13.8. The molecule has 20 heavy (non-hydrogen) atoms. The van der Waals surface area contributed by atoms with E-state index in [0.29, 0.717) is 11.8 Å². The van der Waals surface area contributed by atoms with Gasteiger partial charge in [-0.3, -0.25) is 4.79 Å². The number of aldehydes is 1. The lowest BCUT2D eigenvalue weighted by atomic mass is 10.1. The summed E-state index contributed by atoms with van der Waals surface area (Å²) in [6, 6.07) is 11.3. The monoisotopic (exact) mass is 269 g/mol. The molecular formula is C16H12FNO2. The van der Waals surface area contributed by atoms with Gasteiger partial charge in [0.2, 0.25) is 0 Å². The van der Waals surface area contributed by atoms with E-state index in [9.17, 15) is 9.18 Å². The largest absolute Gasteiger partial charge is 0.486 e. The SMILES string of the molecule is Cc1cc(C#N)ccc1COc1ccc(C=O)cc1F. The third kappa shape index (κ3) is 3.01. The molecule has 0 aromatic heterocycles. The van der Waals surface area contributed by atoms with E-state index >= 15 is 0 Å². The zero-order valence-corrected chi connectivity index (χ0v) is 10.9. The molecule has 0 aliphatic rings. The molecule has 0 saturated heterocycles. The molecule has 0 atom stereocenters. The minimum atomic E-state index is -0.569. The zero-order valence-electron chi connectivity index (χ0n) is 10.9. The summed E-state index contributed by atoms with van der Waals surface area (Å²) in [5.74, 6) is -0.472. The zero-order chi connectivity index (χ0) is 14.5. The number of hydrogen-bond acceptors (Lipinski definition) is 3. The number of carbonyl (C=O) groups excluding carboxylic acids is 1. The van der Waals surface area contributed by atoms with Crippen molar-refractivity contribution in [1.82, 2.24) is 0 Å². The minimum absolute atomic E-state index is 0.0966. The van der Waals surface area contributed by atoms with Gasteiger partial charge in [0.1, 0.15) is 12.9 Å². The Morgan fingerprint density at radius 1 is 1.30 bits per heavy atom. The van der Waals surface area contributed by atoms with Gasteiger partial charge in [0.05, 0.1) is 11.6 Å². The van der Waals surface area contributed by atoms with Gasteiger partial charge in [0.25, 0.3) is 0 Å². The van der Waals surface area contributed by atoms with E-state index < -0.39 is 5.82 Å². The van der Waals surface area contributed by atoms with Crippen LogP contribution in [-0.2, 0) is 6.61 Å². The van der Waals surface area contributed by atoms with Gasteiger partial charge in [-0.25, -0.2) is 4.39 Å². The average Bonchev–Trinajstić information content (AvgIpc) is 2.46. The van der Waals surface area contributed by atoms with E-state index in [1.54, 1.807) is 18.2 Å². The number of hydrogen-bond donors (Lipinski definition) is 0. The van der Waals surface area contributed by atoms with Gasteiger partial charge in [0, 0.05) is 5.56 Å². The quantitative estimate of drug-likeness (QED) is 0.799. The van der Waals surface area contributed by atoms with Crippen LogP contribution in [0.1, 0.15) is 27.0 Å². The molecule has 0 fully saturated rings. The highest BCUT2D eigenvalue weighted by Gasteiger charge is 2.06. The number of ether oxygens (including phenoxy) is 1. The van der Waals surface area contributed by atoms with E-state index in [1.165, 1.54) is 12.1 Å². The molecule has 2 aromatic rings. The average molecular weight is 269 g/mol. The van der Waals surface area contributed by atoms with Crippen molar-refractivity contribution in [3.05, 3.63) is 64.5 Å². The topological polar surface area (TPSA) is 50.1 Å². The summed E-state index contributed by atoms with van der Waals surface area (Å²) in [5, 5.41) is 8.79. The summed E-state index contributed by atoms with van der Waals surface area (Å²) in [5.41, 5.74) is 2.63. The molecule has 0 N–H and O–H groups in total. The fourth-order valence-corrected chi connectivity index (χ4v) is 1.79. The van der Waals surface area contributed by atoms with Crippen LogP contribution in [0.2, 0.25) is 0 Å². The molecule has 0 amide bonds. The van der Waals surface area contributed by atoms with Crippen molar-refractivity contribution < 1.29 is 13.9 Å². The van der Waals surface area contributed by atoms with Crippen molar-refractivity contribution in [3.63, 3.8) is 0 Å². The second-order valence-electron chi connectivity index (χ2n) is 4.35. The molecule has 0 aliphatic carbocycles. The van der Waals surface area contributed by atoms with E-state index in [0.717, 1.165) is 17.2 Å². The Kier molecular flexibility index (Phi) is 4.11. The molecule has 0 unspecified atom stereocenters. The summed E-state index contributed by atoms with van der Waals surface area (Å²) >= 11 is 0. The second-order valence-corrected chi connectivity index (χ2v) is 4.35. The highest BCUT2D eigenvalue weighted by Crippen LogP contribution is 2.20. The predicted molar refractivity (Wildman–Crippen MR) is 72.0 cm³/mol. The van der Waals surface area contributed by atoms with Gasteiger partial charge in [-0.1, -0.05) is 6.07 Å². The maximum absolute atomic E-state index is 13.6. The van der Waals surface area contributed by atoms with Gasteiger partial charge in [-0.2, -0.15) is 5.26 Å². The number of carbonyl (C=O) groups is 1. The number of halogens is 1. The summed E-state index contributed by atoms with van der Waals surface area (Å²) < 4.78 is 19.0. The number of aryl methyl sites for hydroxylation is 1. The maximum Gasteiger partial charge on any atom is 0.165 e. The molecule has 0 heterocycles. The fraction of sp³-hybridized carbons (Fsp3) is 0.125. The first-order valence-electron chi connectivity index (χ1n) is 6.01. The molecule has 0 saturated carbocycles. The number of nitriles is 1. The van der Waals surface area contributed by atoms with Crippen LogP contribution in [0.4, 0.5) is 4.39 Å². The molecule has 2 rings (SSSR count). The van der Waals surface area contributed by atoms with E-state index in [-0.39, 0.29) is 17.9 Å². The van der Waals surface area contributed by atoms with Crippen molar-refractivity contribution in [3.8, 4) is 11.8 Å². The minimum Gasteiger partial charge on any atom is -0.486 e. The third-order valence-corrected chi connectivity index (χ3v) is 2.95. The van der Waals surface area contributed by atoms with Crippen molar-refractivity contribution in [2.45, 2.75) is 13.5 Å². The van der Waals surface area contributed by atoms with Crippen molar-refractivity contribution in [2.24, 2.45) is 0 Å². The lowest BCUT2D eigenvalue weighted by molar-refractivity contribution is 0.112. The van der Waals surface area contributed by atoms with Gasteiger partial charge in [0.15, 0.2) is 11.6 Å². The highest BCUT2D eigenvalue weighted by atomic mass is 19.1. The Balaban J connectivity index is 2.13. The first-order chi connectivity index (χ1) is 9.63. The third-order valence-electron chi connectivity index (χ3n) is 2.95. The first-order valence-corrected chi connectivity index (χ1v) is 6.01. The summed E-state index contributed by atoms with van der Waals surface area (Å²) in [4.78, 5) is 10.5. The molecule has 0 bridgehead atoms. The summed E-state index contributed by atoms with van der Waals surface area (Å²) in [6.45, 7) is 2.07. The molecule has 0 aliphatic heterocycles. The van der Waals surface area contributed by atoms with Crippen LogP contribution in [-0.4, -0.2) is 6.29 Å². The van der Waals surface area contributed by atoms with Crippen LogP contribution in [0.5, 0.6) is 5.75 Å². The van der Waals surface area contributed by atoms with Crippen molar-refractivity contribution in [2.75, 3.05) is 0 Å². The summed E-state index contributed by atoms with van der Waals surface area (Å²) in [7, 11) is 0. The Hall–Kier alpha value is -2.67. The van der Waals surface area contributed by atoms with Gasteiger partial charge >= 0.3 is 0 Å². The standard InChI is InChI=1S/C16H12FNO2/c1-11-6-12(8-18)2-4-14(11)10-20-16-5-3-13(9-19)7-15(16)17/h2-7,9H,10H2,1H3. The molecule has 3 nitrogen and oxygen atoms in total. The highest BCUT2D eigenvalue weighted by molar-refractivity contribution is 5.74. The van der Waals surface area contributed by atoms with Crippen LogP contribution in [0, 0.1) is 24.1 Å². The Bertz CT molecular complexity index is 689. The molecule has 0 spiro atoms. The van der Waals surface area contributed by atoms with Crippen LogP contribution in [0.15, 0.2) is 36.4 Å².